The van der Waals surface area contributed by atoms with Crippen molar-refractivity contribution in [1.82, 2.24) is 14.3 Å². The number of ether oxygens (including phenoxy) is 2. The Morgan fingerprint density at radius 2 is 2.06 bits per heavy atom. The number of fused-ring (bicyclic) bond motifs is 1. The lowest BCUT2D eigenvalue weighted by molar-refractivity contribution is 0.188. The predicted octanol–water partition coefficient (Wildman–Crippen LogP) is 3.08. The Kier molecular flexibility index (Phi) is 7.97. The lowest BCUT2D eigenvalue weighted by Crippen LogP contribution is -2.34. The van der Waals surface area contributed by atoms with Gasteiger partial charge in [-0.15, -0.1) is 0 Å². The van der Waals surface area contributed by atoms with E-state index < -0.39 is 5.69 Å². The van der Waals surface area contributed by atoms with Crippen LogP contribution in [0, 0.1) is 11.2 Å². The van der Waals surface area contributed by atoms with E-state index in [1.807, 2.05) is 29.2 Å². The van der Waals surface area contributed by atoms with Crippen LogP contribution in [0.4, 0.5) is 10.1 Å². The zero-order chi connectivity index (χ0) is 25.7. The van der Waals surface area contributed by atoms with E-state index in [2.05, 4.69) is 4.98 Å². The summed E-state index contributed by atoms with van der Waals surface area (Å²) in [5.41, 5.74) is 9.43. The van der Waals surface area contributed by atoms with Crippen molar-refractivity contribution in [2.24, 2.45) is 5.73 Å². The van der Waals surface area contributed by atoms with Crippen LogP contribution in [-0.2, 0) is 17.7 Å². The minimum Gasteiger partial charge on any atom is -0.491 e. The summed E-state index contributed by atoms with van der Waals surface area (Å²) in [7, 11) is 1.63. The smallest absolute Gasteiger partial charge is 0.369 e. The van der Waals surface area contributed by atoms with E-state index in [4.69, 9.17) is 20.6 Å². The van der Waals surface area contributed by atoms with Gasteiger partial charge >= 0.3 is 5.69 Å². The van der Waals surface area contributed by atoms with Gasteiger partial charge in [0, 0.05) is 38.0 Å². The Morgan fingerprint density at radius 3 is 2.75 bits per heavy atom. The normalized spacial score (nSPS) is 12.7. The lowest BCUT2D eigenvalue weighted by atomic mass is 10.0. The Hall–Kier alpha value is -3.76. The quantitative estimate of drug-likeness (QED) is 0.241. The number of methoxy groups -OCH3 is 1. The molecule has 36 heavy (non-hydrogen) atoms. The Morgan fingerprint density at radius 1 is 1.28 bits per heavy atom. The van der Waals surface area contributed by atoms with Crippen molar-refractivity contribution in [3.05, 3.63) is 69.7 Å². The topological polar surface area (TPSA) is 111 Å². The average molecular weight is 495 g/mol. The van der Waals surface area contributed by atoms with Gasteiger partial charge in [-0.2, -0.15) is 9.67 Å². The fraction of sp³-hybridized carbons (Fsp3) is 0.346. The van der Waals surface area contributed by atoms with E-state index in [9.17, 15) is 9.18 Å². The fourth-order valence-electron chi connectivity index (χ4n) is 4.35. The second-order valence-electron chi connectivity index (χ2n) is 8.58. The van der Waals surface area contributed by atoms with Gasteiger partial charge in [-0.25, -0.2) is 9.18 Å². The number of halogens is 1. The van der Waals surface area contributed by atoms with Gasteiger partial charge in [-0.3, -0.25) is 4.68 Å². The molecule has 0 fully saturated rings. The highest BCUT2D eigenvalue weighted by molar-refractivity contribution is 5.85. The van der Waals surface area contributed by atoms with Gasteiger partial charge in [0.2, 0.25) is 0 Å². The molecule has 1 aromatic heterocycles. The number of hydrogen-bond acceptors (Lipinski definition) is 7. The van der Waals surface area contributed by atoms with E-state index >= 15 is 0 Å². The number of anilines is 1. The van der Waals surface area contributed by atoms with Crippen LogP contribution >= 0.6 is 0 Å². The molecular formula is C26H31FN6O3. The van der Waals surface area contributed by atoms with Gasteiger partial charge in [0.15, 0.2) is 5.82 Å². The summed E-state index contributed by atoms with van der Waals surface area (Å²) in [6.45, 7) is 4.03. The third-order valence-corrected chi connectivity index (χ3v) is 5.96. The molecule has 4 rings (SSSR count). The molecule has 190 valence electrons. The molecule has 0 bridgehead atoms. The molecule has 0 saturated carbocycles. The molecule has 1 aliphatic rings. The largest absolute Gasteiger partial charge is 0.491 e. The van der Waals surface area contributed by atoms with E-state index in [0.29, 0.717) is 49.9 Å². The zero-order valence-corrected chi connectivity index (χ0v) is 20.5. The summed E-state index contributed by atoms with van der Waals surface area (Å²) < 4.78 is 27.8. The van der Waals surface area contributed by atoms with Gasteiger partial charge in [0.1, 0.15) is 11.6 Å². The van der Waals surface area contributed by atoms with Crippen molar-refractivity contribution in [2.75, 3.05) is 38.4 Å². The SMILES string of the molecule is COCCCn1c(C=Cc2ccc(N(CN)CC(C)=N)c3c2CCO3)nc(=O)n1-c1ccc(F)cc1. The number of benzene rings is 2. The molecule has 0 atom stereocenters. The van der Waals surface area contributed by atoms with E-state index in [1.165, 1.54) is 16.8 Å². The molecule has 2 heterocycles. The molecule has 2 aromatic carbocycles. The molecule has 0 saturated heterocycles. The van der Waals surface area contributed by atoms with Crippen molar-refractivity contribution < 1.29 is 13.9 Å². The number of nitrogens with two attached hydrogens (primary N) is 1. The average Bonchev–Trinajstić information content (AvgIpc) is 3.47. The van der Waals surface area contributed by atoms with E-state index in [1.54, 1.807) is 30.8 Å². The molecule has 0 radical (unpaired) electrons. The van der Waals surface area contributed by atoms with Crippen LogP contribution in [0.25, 0.3) is 17.8 Å². The maximum Gasteiger partial charge on any atom is 0.369 e. The van der Waals surface area contributed by atoms with Crippen molar-refractivity contribution in [2.45, 2.75) is 26.3 Å². The second-order valence-corrected chi connectivity index (χ2v) is 8.58. The molecule has 3 aromatic rings. The standard InChI is InChI=1S/C26H31FN6O3/c1-18(29)16-31(17-28)23-10-4-19(22-12-15-36-25(22)23)5-11-24-30-26(34)33(32(24)13-3-14-35-2)21-8-6-20(27)7-9-21/h4-11,29H,3,12-17,28H2,1-2H3. The Labute approximate surface area is 209 Å². The van der Waals surface area contributed by atoms with Crippen molar-refractivity contribution >= 4 is 23.6 Å². The van der Waals surface area contributed by atoms with Gasteiger partial charge in [0.05, 0.1) is 31.2 Å². The van der Waals surface area contributed by atoms with E-state index in [-0.39, 0.29) is 12.5 Å². The number of nitrogens with zero attached hydrogens (tertiary/aromatic N) is 4. The number of nitrogens with one attached hydrogen (secondary N) is 1. The molecule has 0 amide bonds. The number of rotatable bonds is 11. The fourth-order valence-corrected chi connectivity index (χ4v) is 4.35. The van der Waals surface area contributed by atoms with E-state index in [0.717, 1.165) is 29.0 Å². The molecule has 0 unspecified atom stereocenters. The summed E-state index contributed by atoms with van der Waals surface area (Å²) >= 11 is 0. The summed E-state index contributed by atoms with van der Waals surface area (Å²) in [6.07, 6.45) is 5.16. The maximum atomic E-state index is 13.5. The first-order chi connectivity index (χ1) is 17.4. The van der Waals surface area contributed by atoms with Crippen LogP contribution in [0.5, 0.6) is 5.75 Å². The zero-order valence-electron chi connectivity index (χ0n) is 20.5. The molecular weight excluding hydrogens is 463 g/mol. The first-order valence-corrected chi connectivity index (χ1v) is 11.8. The monoisotopic (exact) mass is 494 g/mol. The maximum absolute atomic E-state index is 13.5. The molecule has 0 aliphatic carbocycles. The van der Waals surface area contributed by atoms with Gasteiger partial charge < -0.3 is 25.5 Å². The molecule has 0 spiro atoms. The Bertz CT molecular complexity index is 1310. The second kappa shape index (κ2) is 11.3. The predicted molar refractivity (Wildman–Crippen MR) is 139 cm³/mol. The van der Waals surface area contributed by atoms with Crippen molar-refractivity contribution in [3.8, 4) is 11.4 Å². The van der Waals surface area contributed by atoms with Crippen LogP contribution in [-0.4, -0.2) is 53.6 Å². The minimum atomic E-state index is -0.441. The van der Waals surface area contributed by atoms with Crippen LogP contribution in [0.2, 0.25) is 0 Å². The van der Waals surface area contributed by atoms with Gasteiger partial charge in [0.25, 0.3) is 0 Å². The molecule has 1 aliphatic heterocycles. The number of aromatic nitrogens is 3. The van der Waals surface area contributed by atoms with Crippen LogP contribution in [0.1, 0.15) is 30.3 Å². The van der Waals surface area contributed by atoms with Gasteiger partial charge in [-0.1, -0.05) is 12.1 Å². The molecule has 9 nitrogen and oxygen atoms in total. The van der Waals surface area contributed by atoms with Crippen LogP contribution in [0.15, 0.2) is 41.2 Å². The highest BCUT2D eigenvalue weighted by Crippen LogP contribution is 2.39. The highest BCUT2D eigenvalue weighted by Gasteiger charge is 2.23. The summed E-state index contributed by atoms with van der Waals surface area (Å²) in [4.78, 5) is 19.0. The molecule has 3 N–H and O–H groups in total. The number of hydrogen-bond donors (Lipinski definition) is 2. The van der Waals surface area contributed by atoms with Crippen LogP contribution in [0.3, 0.4) is 0 Å². The van der Waals surface area contributed by atoms with Crippen molar-refractivity contribution in [1.29, 1.82) is 5.41 Å². The third kappa shape index (κ3) is 5.39. The first kappa shape index (κ1) is 25.3. The summed E-state index contributed by atoms with van der Waals surface area (Å²) in [6, 6.07) is 9.69. The molecule has 10 heteroatoms. The van der Waals surface area contributed by atoms with Crippen LogP contribution < -0.4 is 21.1 Å². The third-order valence-electron chi connectivity index (χ3n) is 5.96. The first-order valence-electron chi connectivity index (χ1n) is 11.8. The lowest BCUT2D eigenvalue weighted by Gasteiger charge is -2.24. The van der Waals surface area contributed by atoms with Crippen molar-refractivity contribution in [3.63, 3.8) is 0 Å². The summed E-state index contributed by atoms with van der Waals surface area (Å²) in [5.74, 6) is 0.888. The summed E-state index contributed by atoms with van der Waals surface area (Å²) in [5, 5.41) is 7.84. The highest BCUT2D eigenvalue weighted by atomic mass is 19.1. The van der Waals surface area contributed by atoms with Gasteiger partial charge in [-0.05, 0) is 55.3 Å². The minimum absolute atomic E-state index is 0.274. The Balaban J connectivity index is 1.71.